The first-order valence-electron chi connectivity index (χ1n) is 11.3. The molecule has 0 unspecified atom stereocenters. The number of amides is 3. The van der Waals surface area contributed by atoms with E-state index in [0.717, 1.165) is 31.5 Å². The lowest BCUT2D eigenvalue weighted by atomic mass is 9.99. The van der Waals surface area contributed by atoms with Gasteiger partial charge in [0.25, 0.3) is 5.91 Å². The summed E-state index contributed by atoms with van der Waals surface area (Å²) in [4.78, 5) is 41.8. The van der Waals surface area contributed by atoms with Crippen molar-refractivity contribution in [2.24, 2.45) is 0 Å². The third kappa shape index (κ3) is 4.69. The van der Waals surface area contributed by atoms with E-state index in [4.69, 9.17) is 4.74 Å². The smallest absolute Gasteiger partial charge is 0.258 e. The average molecular weight is 429 g/mol. The lowest BCUT2D eigenvalue weighted by Crippen LogP contribution is -2.56. The summed E-state index contributed by atoms with van der Waals surface area (Å²) >= 11 is 0. The molecule has 168 valence electrons. The minimum Gasteiger partial charge on any atom is -0.467 e. The number of hydrogen-bond donors (Lipinski definition) is 2. The summed E-state index contributed by atoms with van der Waals surface area (Å²) in [5, 5.41) is 5.98. The maximum absolute atomic E-state index is 12.7. The Bertz CT molecular complexity index is 873. The van der Waals surface area contributed by atoms with Crippen molar-refractivity contribution >= 4 is 17.7 Å². The maximum atomic E-state index is 12.7. The standard InChI is InChI=1S/C23H32N4O4/c1-3-26-11-4-5-17(26)14-24-20(28)15-27-12-10-23(9-8-21(27)29)25-22(30)18-13-16(2)6-7-19(18)31-23/h6-7,13,17H,3-5,8-12,14-15H2,1-2H3,(H,24,28)(H,25,30)/t17-,23-/m0/s1. The van der Waals surface area contributed by atoms with Crippen molar-refractivity contribution in [1.29, 1.82) is 0 Å². The molecule has 1 aromatic rings. The minimum absolute atomic E-state index is 0.0392. The highest BCUT2D eigenvalue weighted by Gasteiger charge is 2.42. The Labute approximate surface area is 183 Å². The third-order valence-corrected chi connectivity index (χ3v) is 6.68. The first-order chi connectivity index (χ1) is 14.9. The molecule has 2 atom stereocenters. The van der Waals surface area contributed by atoms with Crippen LogP contribution in [0.25, 0.3) is 0 Å². The zero-order valence-corrected chi connectivity index (χ0v) is 18.4. The fraction of sp³-hybridized carbons (Fsp3) is 0.609. The minimum atomic E-state index is -0.911. The molecule has 2 N–H and O–H groups in total. The normalized spacial score (nSPS) is 26.3. The Morgan fingerprint density at radius 2 is 2.13 bits per heavy atom. The third-order valence-electron chi connectivity index (χ3n) is 6.68. The fourth-order valence-corrected chi connectivity index (χ4v) is 4.85. The second-order valence-corrected chi connectivity index (χ2v) is 8.84. The van der Waals surface area contributed by atoms with Crippen LogP contribution in [0.3, 0.4) is 0 Å². The number of ether oxygens (including phenoxy) is 1. The molecular weight excluding hydrogens is 396 g/mol. The molecule has 4 rings (SSSR count). The van der Waals surface area contributed by atoms with Gasteiger partial charge < -0.3 is 20.3 Å². The Morgan fingerprint density at radius 3 is 2.94 bits per heavy atom. The number of nitrogens with one attached hydrogen (secondary N) is 2. The molecule has 2 fully saturated rings. The van der Waals surface area contributed by atoms with Gasteiger partial charge in [-0.3, -0.25) is 19.3 Å². The number of fused-ring (bicyclic) bond motifs is 1. The van der Waals surface area contributed by atoms with Crippen molar-refractivity contribution < 1.29 is 19.1 Å². The van der Waals surface area contributed by atoms with Gasteiger partial charge in [-0.05, 0) is 45.0 Å². The molecule has 2 saturated heterocycles. The second kappa shape index (κ2) is 8.86. The van der Waals surface area contributed by atoms with E-state index in [0.29, 0.717) is 43.3 Å². The molecule has 0 aromatic heterocycles. The highest BCUT2D eigenvalue weighted by molar-refractivity contribution is 5.98. The van der Waals surface area contributed by atoms with Crippen molar-refractivity contribution in [3.8, 4) is 5.75 Å². The van der Waals surface area contributed by atoms with Crippen LogP contribution < -0.4 is 15.4 Å². The van der Waals surface area contributed by atoms with Crippen LogP contribution in [0.5, 0.6) is 5.75 Å². The summed E-state index contributed by atoms with van der Waals surface area (Å²) in [6.07, 6.45) is 3.31. The fourth-order valence-electron chi connectivity index (χ4n) is 4.85. The first-order valence-corrected chi connectivity index (χ1v) is 11.3. The van der Waals surface area contributed by atoms with E-state index in [9.17, 15) is 14.4 Å². The molecule has 8 nitrogen and oxygen atoms in total. The quantitative estimate of drug-likeness (QED) is 0.740. The van der Waals surface area contributed by atoms with Crippen LogP contribution in [0.15, 0.2) is 18.2 Å². The van der Waals surface area contributed by atoms with Gasteiger partial charge in [-0.2, -0.15) is 0 Å². The largest absolute Gasteiger partial charge is 0.467 e. The molecule has 1 aromatic carbocycles. The Kier molecular flexibility index (Phi) is 6.18. The molecule has 0 saturated carbocycles. The molecular formula is C23H32N4O4. The first kappa shape index (κ1) is 21.6. The second-order valence-electron chi connectivity index (χ2n) is 8.84. The highest BCUT2D eigenvalue weighted by Crippen LogP contribution is 2.34. The van der Waals surface area contributed by atoms with Crippen molar-refractivity contribution in [2.45, 2.75) is 57.7 Å². The van der Waals surface area contributed by atoms with Crippen LogP contribution in [-0.4, -0.2) is 72.0 Å². The molecule has 0 aliphatic carbocycles. The number of carbonyl (C=O) groups is 3. The summed E-state index contributed by atoms with van der Waals surface area (Å²) in [6, 6.07) is 5.91. The topological polar surface area (TPSA) is 91.0 Å². The zero-order valence-electron chi connectivity index (χ0n) is 18.4. The number of benzene rings is 1. The summed E-state index contributed by atoms with van der Waals surface area (Å²) in [5.74, 6) is 0.142. The lowest BCUT2D eigenvalue weighted by Gasteiger charge is -2.38. The van der Waals surface area contributed by atoms with E-state index < -0.39 is 5.72 Å². The van der Waals surface area contributed by atoms with Crippen LogP contribution in [0.2, 0.25) is 0 Å². The van der Waals surface area contributed by atoms with E-state index in [-0.39, 0.29) is 30.7 Å². The summed E-state index contributed by atoms with van der Waals surface area (Å²) in [5.41, 5.74) is 0.595. The lowest BCUT2D eigenvalue weighted by molar-refractivity contribution is -0.135. The van der Waals surface area contributed by atoms with E-state index in [1.165, 1.54) is 0 Å². The van der Waals surface area contributed by atoms with Gasteiger partial charge in [0.1, 0.15) is 5.75 Å². The molecule has 31 heavy (non-hydrogen) atoms. The van der Waals surface area contributed by atoms with Crippen molar-refractivity contribution in [3.63, 3.8) is 0 Å². The van der Waals surface area contributed by atoms with Gasteiger partial charge >= 0.3 is 0 Å². The Balaban J connectivity index is 1.35. The summed E-state index contributed by atoms with van der Waals surface area (Å²) < 4.78 is 6.19. The molecule has 3 aliphatic heterocycles. The Hall–Kier alpha value is -2.61. The number of rotatable bonds is 5. The Morgan fingerprint density at radius 1 is 1.29 bits per heavy atom. The molecule has 3 heterocycles. The van der Waals surface area contributed by atoms with E-state index in [1.54, 1.807) is 11.0 Å². The number of aryl methyl sites for hydroxylation is 1. The molecule has 0 radical (unpaired) electrons. The van der Waals surface area contributed by atoms with Crippen LogP contribution in [0, 0.1) is 6.92 Å². The van der Waals surface area contributed by atoms with Crippen molar-refractivity contribution in [2.75, 3.05) is 32.7 Å². The highest BCUT2D eigenvalue weighted by atomic mass is 16.5. The van der Waals surface area contributed by atoms with Gasteiger partial charge in [-0.25, -0.2) is 0 Å². The predicted octanol–water partition coefficient (Wildman–Crippen LogP) is 1.43. The van der Waals surface area contributed by atoms with Gasteiger partial charge in [0.15, 0.2) is 5.72 Å². The van der Waals surface area contributed by atoms with Crippen molar-refractivity contribution in [1.82, 2.24) is 20.4 Å². The molecule has 3 aliphatic rings. The van der Waals surface area contributed by atoms with Crippen LogP contribution in [0.1, 0.15) is 54.9 Å². The van der Waals surface area contributed by atoms with Crippen LogP contribution >= 0.6 is 0 Å². The van der Waals surface area contributed by atoms with Crippen molar-refractivity contribution in [3.05, 3.63) is 29.3 Å². The van der Waals surface area contributed by atoms with Gasteiger partial charge in [0, 0.05) is 38.4 Å². The van der Waals surface area contributed by atoms with Gasteiger partial charge in [-0.1, -0.05) is 18.6 Å². The number of hydrogen-bond acceptors (Lipinski definition) is 5. The molecule has 3 amide bonds. The van der Waals surface area contributed by atoms with Crippen LogP contribution in [-0.2, 0) is 9.59 Å². The predicted molar refractivity (Wildman–Crippen MR) is 116 cm³/mol. The average Bonchev–Trinajstić information content (AvgIpc) is 3.16. The van der Waals surface area contributed by atoms with Gasteiger partial charge in [0.05, 0.1) is 12.1 Å². The van der Waals surface area contributed by atoms with E-state index in [1.807, 2.05) is 19.1 Å². The van der Waals surface area contributed by atoms with Gasteiger partial charge in [0.2, 0.25) is 11.8 Å². The number of nitrogens with zero attached hydrogens (tertiary/aromatic N) is 2. The summed E-state index contributed by atoms with van der Waals surface area (Å²) in [6.45, 7) is 7.15. The molecule has 1 spiro atoms. The molecule has 0 bridgehead atoms. The molecule has 8 heteroatoms. The van der Waals surface area contributed by atoms with E-state index in [2.05, 4.69) is 22.5 Å². The maximum Gasteiger partial charge on any atom is 0.258 e. The number of likely N-dealkylation sites (tertiary alicyclic amines) is 2. The zero-order chi connectivity index (χ0) is 22.0. The number of carbonyl (C=O) groups excluding carboxylic acids is 3. The van der Waals surface area contributed by atoms with Gasteiger partial charge in [-0.15, -0.1) is 0 Å². The van der Waals surface area contributed by atoms with Crippen LogP contribution in [0.4, 0.5) is 0 Å². The number of likely N-dealkylation sites (N-methyl/N-ethyl adjacent to an activating group) is 1. The SMILES string of the molecule is CCN1CCC[C@H]1CNC(=O)CN1CC[C@@]2(CCC1=O)NC(=O)c1cc(C)ccc1O2. The summed E-state index contributed by atoms with van der Waals surface area (Å²) in [7, 11) is 0. The van der Waals surface area contributed by atoms with E-state index >= 15 is 0 Å². The monoisotopic (exact) mass is 428 g/mol.